The van der Waals surface area contributed by atoms with E-state index < -0.39 is 0 Å². The minimum atomic E-state index is 0.615. The molecule has 0 aliphatic rings. The van der Waals surface area contributed by atoms with Crippen molar-refractivity contribution in [2.24, 2.45) is 5.10 Å². The highest BCUT2D eigenvalue weighted by Gasteiger charge is 2.01. The molecule has 0 spiro atoms. The van der Waals surface area contributed by atoms with E-state index in [1.54, 1.807) is 6.21 Å². The number of nitrogens with zero attached hydrogens (tertiary/aromatic N) is 4. The van der Waals surface area contributed by atoms with Crippen LogP contribution in [0.4, 0.5) is 0 Å². The zero-order chi connectivity index (χ0) is 17.0. The van der Waals surface area contributed by atoms with Gasteiger partial charge in [0, 0.05) is 5.56 Å². The molecule has 1 aromatic heterocycles. The van der Waals surface area contributed by atoms with Crippen molar-refractivity contribution in [1.82, 2.24) is 14.9 Å². The number of unbranched alkanes of at least 4 members (excludes halogenated alkanes) is 6. The van der Waals surface area contributed by atoms with Crippen molar-refractivity contribution in [2.75, 3.05) is 6.61 Å². The highest BCUT2D eigenvalue weighted by atomic mass is 35.5. The average Bonchev–Trinajstić information content (AvgIpc) is 3.10. The molecular formula is C18H25ClN4O. The third-order valence-electron chi connectivity index (χ3n) is 3.73. The number of hydrogen-bond acceptors (Lipinski definition) is 4. The Morgan fingerprint density at radius 3 is 2.50 bits per heavy atom. The summed E-state index contributed by atoms with van der Waals surface area (Å²) in [4.78, 5) is 0. The van der Waals surface area contributed by atoms with Crippen LogP contribution in [-0.2, 0) is 0 Å². The molecule has 0 amide bonds. The Morgan fingerprint density at radius 2 is 1.79 bits per heavy atom. The van der Waals surface area contributed by atoms with Crippen LogP contribution in [0.1, 0.15) is 57.4 Å². The van der Waals surface area contributed by atoms with E-state index in [2.05, 4.69) is 22.2 Å². The number of hydrogen-bond donors (Lipinski definition) is 0. The summed E-state index contributed by atoms with van der Waals surface area (Å²) in [5.41, 5.74) is 0.827. The van der Waals surface area contributed by atoms with Crippen LogP contribution in [0.25, 0.3) is 0 Å². The number of ether oxygens (including phenoxy) is 1. The second kappa shape index (κ2) is 10.8. The standard InChI is InChI=1S/C18H25ClN4O/c1-2-3-4-5-6-7-8-11-24-17-10-9-16(18(19)12-17)13-22-23-14-20-21-15-23/h9-10,12-15H,2-8,11H2,1H3/b22-13-. The van der Waals surface area contributed by atoms with Gasteiger partial charge in [-0.3, -0.25) is 0 Å². The Hall–Kier alpha value is -1.88. The van der Waals surface area contributed by atoms with Gasteiger partial charge in [0.15, 0.2) is 0 Å². The first-order valence-electron chi connectivity index (χ1n) is 8.61. The van der Waals surface area contributed by atoms with Crippen molar-refractivity contribution in [3.8, 4) is 5.75 Å². The average molecular weight is 349 g/mol. The largest absolute Gasteiger partial charge is 0.494 e. The van der Waals surface area contributed by atoms with Gasteiger partial charge in [-0.25, -0.2) is 4.68 Å². The van der Waals surface area contributed by atoms with Gasteiger partial charge in [-0.1, -0.05) is 57.0 Å². The molecule has 24 heavy (non-hydrogen) atoms. The highest BCUT2D eigenvalue weighted by molar-refractivity contribution is 6.33. The van der Waals surface area contributed by atoms with Crippen molar-refractivity contribution in [3.63, 3.8) is 0 Å². The molecule has 0 aliphatic carbocycles. The topological polar surface area (TPSA) is 52.3 Å². The van der Waals surface area contributed by atoms with Gasteiger partial charge < -0.3 is 4.74 Å². The maximum Gasteiger partial charge on any atom is 0.141 e. The second-order valence-electron chi connectivity index (χ2n) is 5.74. The van der Waals surface area contributed by atoms with Gasteiger partial charge in [0.2, 0.25) is 0 Å². The van der Waals surface area contributed by atoms with E-state index in [0.29, 0.717) is 5.02 Å². The minimum absolute atomic E-state index is 0.615. The fourth-order valence-corrected chi connectivity index (χ4v) is 2.55. The van der Waals surface area contributed by atoms with Crippen molar-refractivity contribution < 1.29 is 4.74 Å². The second-order valence-corrected chi connectivity index (χ2v) is 6.15. The molecule has 1 aromatic carbocycles. The van der Waals surface area contributed by atoms with E-state index in [1.807, 2.05) is 18.2 Å². The Bertz CT molecular complexity index is 613. The monoisotopic (exact) mass is 348 g/mol. The molecule has 1 heterocycles. The van der Waals surface area contributed by atoms with Gasteiger partial charge in [0.1, 0.15) is 18.4 Å². The van der Waals surface area contributed by atoms with Crippen LogP contribution in [0.3, 0.4) is 0 Å². The predicted octanol–water partition coefficient (Wildman–Crippen LogP) is 4.94. The first-order valence-corrected chi connectivity index (χ1v) is 8.98. The summed E-state index contributed by atoms with van der Waals surface area (Å²) >= 11 is 6.27. The number of benzene rings is 1. The Morgan fingerprint density at radius 1 is 1.08 bits per heavy atom. The SMILES string of the molecule is CCCCCCCCCOc1ccc(/C=N\n2cnnc2)c(Cl)c1. The van der Waals surface area contributed by atoms with Crippen molar-refractivity contribution >= 4 is 17.8 Å². The summed E-state index contributed by atoms with van der Waals surface area (Å²) in [6.07, 6.45) is 13.6. The Kier molecular flexibility index (Phi) is 8.32. The molecule has 2 rings (SSSR count). The predicted molar refractivity (Wildman–Crippen MR) is 98.0 cm³/mol. The van der Waals surface area contributed by atoms with Gasteiger partial charge in [-0.2, -0.15) is 5.10 Å². The summed E-state index contributed by atoms with van der Waals surface area (Å²) in [6, 6.07) is 5.65. The minimum Gasteiger partial charge on any atom is -0.494 e. The zero-order valence-electron chi connectivity index (χ0n) is 14.2. The smallest absolute Gasteiger partial charge is 0.141 e. The van der Waals surface area contributed by atoms with Crippen LogP contribution >= 0.6 is 11.6 Å². The first-order chi connectivity index (χ1) is 11.8. The molecule has 0 radical (unpaired) electrons. The van der Waals surface area contributed by atoms with Crippen molar-refractivity contribution in [2.45, 2.75) is 51.9 Å². The van der Waals surface area contributed by atoms with E-state index in [-0.39, 0.29) is 0 Å². The van der Waals surface area contributed by atoms with Crippen LogP contribution in [0.2, 0.25) is 5.02 Å². The van der Waals surface area contributed by atoms with Gasteiger partial charge in [-0.15, -0.1) is 10.2 Å². The highest BCUT2D eigenvalue weighted by Crippen LogP contribution is 2.22. The normalized spacial score (nSPS) is 11.2. The van der Waals surface area contributed by atoms with Gasteiger partial charge >= 0.3 is 0 Å². The lowest BCUT2D eigenvalue weighted by atomic mass is 10.1. The molecule has 6 heteroatoms. The summed E-state index contributed by atoms with van der Waals surface area (Å²) in [6.45, 7) is 2.98. The van der Waals surface area contributed by atoms with Crippen LogP contribution in [0.15, 0.2) is 36.0 Å². The van der Waals surface area contributed by atoms with Crippen LogP contribution < -0.4 is 4.74 Å². The van der Waals surface area contributed by atoms with E-state index in [0.717, 1.165) is 24.3 Å². The molecular weight excluding hydrogens is 324 g/mol. The first kappa shape index (κ1) is 18.5. The fourth-order valence-electron chi connectivity index (χ4n) is 2.34. The van der Waals surface area contributed by atoms with E-state index in [1.165, 1.54) is 55.9 Å². The maximum atomic E-state index is 6.27. The van der Waals surface area contributed by atoms with Gasteiger partial charge in [-0.05, 0) is 24.6 Å². The lowest BCUT2D eigenvalue weighted by Crippen LogP contribution is -1.98. The molecule has 130 valence electrons. The van der Waals surface area contributed by atoms with Crippen LogP contribution in [0.5, 0.6) is 5.75 Å². The molecule has 0 bridgehead atoms. The number of halogens is 1. The lowest BCUT2D eigenvalue weighted by Gasteiger charge is -2.07. The third kappa shape index (κ3) is 6.71. The molecule has 2 aromatic rings. The maximum absolute atomic E-state index is 6.27. The molecule has 0 saturated carbocycles. The molecule has 5 nitrogen and oxygen atoms in total. The summed E-state index contributed by atoms with van der Waals surface area (Å²) in [5.74, 6) is 0.799. The van der Waals surface area contributed by atoms with E-state index >= 15 is 0 Å². The van der Waals surface area contributed by atoms with Crippen molar-refractivity contribution in [1.29, 1.82) is 0 Å². The molecule has 0 atom stereocenters. The molecule has 0 aliphatic heterocycles. The lowest BCUT2D eigenvalue weighted by molar-refractivity contribution is 0.304. The summed E-state index contributed by atoms with van der Waals surface area (Å²) in [5, 5.41) is 12.2. The molecule has 0 unspecified atom stereocenters. The van der Waals surface area contributed by atoms with Gasteiger partial charge in [0.25, 0.3) is 0 Å². The number of rotatable bonds is 11. The number of aromatic nitrogens is 3. The van der Waals surface area contributed by atoms with Crippen LogP contribution in [-0.4, -0.2) is 27.7 Å². The fraction of sp³-hybridized carbons (Fsp3) is 0.500. The summed E-state index contributed by atoms with van der Waals surface area (Å²) in [7, 11) is 0. The molecule has 0 saturated heterocycles. The molecule has 0 N–H and O–H groups in total. The Labute approximate surface area is 148 Å². The zero-order valence-corrected chi connectivity index (χ0v) is 15.0. The quantitative estimate of drug-likeness (QED) is 0.426. The third-order valence-corrected chi connectivity index (χ3v) is 4.05. The molecule has 0 fully saturated rings. The van der Waals surface area contributed by atoms with E-state index in [4.69, 9.17) is 16.3 Å². The Balaban J connectivity index is 1.70. The van der Waals surface area contributed by atoms with E-state index in [9.17, 15) is 0 Å². The van der Waals surface area contributed by atoms with Gasteiger partial charge in [0.05, 0.1) is 17.8 Å². The van der Waals surface area contributed by atoms with Crippen LogP contribution in [0, 0.1) is 0 Å². The summed E-state index contributed by atoms with van der Waals surface area (Å²) < 4.78 is 7.28. The van der Waals surface area contributed by atoms with Crippen molar-refractivity contribution in [3.05, 3.63) is 41.4 Å².